The number of nitrogen functional groups attached to an aromatic ring is 1. The van der Waals surface area contributed by atoms with E-state index in [9.17, 15) is 4.79 Å². The molecule has 120 valence electrons. The number of nitrogens with two attached hydrogens (primary N) is 1. The van der Waals surface area contributed by atoms with Crippen LogP contribution in [0.5, 0.6) is 0 Å². The number of nitrogens with one attached hydrogen (secondary N) is 1. The topological polar surface area (TPSA) is 58.4 Å². The Morgan fingerprint density at radius 1 is 1.17 bits per heavy atom. The zero-order valence-corrected chi connectivity index (χ0v) is 13.3. The molecule has 0 saturated carbocycles. The third-order valence-corrected chi connectivity index (χ3v) is 5.32. The molecule has 3 heterocycles. The van der Waals surface area contributed by atoms with Crippen molar-refractivity contribution in [2.45, 2.75) is 25.3 Å². The van der Waals surface area contributed by atoms with Gasteiger partial charge in [0.2, 0.25) is 0 Å². The van der Waals surface area contributed by atoms with Crippen LogP contribution in [-0.4, -0.2) is 36.5 Å². The van der Waals surface area contributed by atoms with E-state index in [1.54, 1.807) is 0 Å². The number of amides is 1. The summed E-state index contributed by atoms with van der Waals surface area (Å²) in [5.41, 5.74) is 7.45. The molecule has 3 fully saturated rings. The van der Waals surface area contributed by atoms with E-state index in [4.69, 9.17) is 5.73 Å². The van der Waals surface area contributed by atoms with Crippen molar-refractivity contribution in [2.24, 2.45) is 5.92 Å². The highest BCUT2D eigenvalue weighted by molar-refractivity contribution is 6.01. The number of benzene rings is 2. The highest BCUT2D eigenvalue weighted by Gasteiger charge is 2.29. The van der Waals surface area contributed by atoms with Crippen molar-refractivity contribution in [3.63, 3.8) is 0 Å². The van der Waals surface area contributed by atoms with Crippen LogP contribution in [-0.2, 0) is 0 Å². The number of anilines is 1. The van der Waals surface area contributed by atoms with Gasteiger partial charge < -0.3 is 16.0 Å². The molecule has 3 aliphatic heterocycles. The molecule has 2 aromatic carbocycles. The average Bonchev–Trinajstić information content (AvgIpc) is 2.87. The van der Waals surface area contributed by atoms with Gasteiger partial charge in [0.15, 0.2) is 0 Å². The van der Waals surface area contributed by atoms with Gasteiger partial charge in [-0.15, -0.1) is 0 Å². The molecular formula is C19H23N3O. The van der Waals surface area contributed by atoms with Crippen LogP contribution in [0.1, 0.15) is 29.6 Å². The number of carbonyl (C=O) groups is 1. The molecule has 0 spiro atoms. The molecule has 5 rings (SSSR count). The van der Waals surface area contributed by atoms with Crippen LogP contribution < -0.4 is 11.1 Å². The highest BCUT2D eigenvalue weighted by atomic mass is 16.1. The zero-order chi connectivity index (χ0) is 15.8. The molecule has 4 heteroatoms. The molecule has 4 nitrogen and oxygen atoms in total. The third-order valence-electron chi connectivity index (χ3n) is 5.32. The Hall–Kier alpha value is -2.07. The zero-order valence-electron chi connectivity index (χ0n) is 13.3. The van der Waals surface area contributed by atoms with Crippen LogP contribution in [0, 0.1) is 5.92 Å². The number of hydrogen-bond acceptors (Lipinski definition) is 3. The molecule has 0 aromatic heterocycles. The molecule has 23 heavy (non-hydrogen) atoms. The standard InChI is InChI=1S/C19H23N3O/c20-18-3-1-2-14-11-15(4-5-17(14)18)19(23)21-16-10-13-6-8-22(12-16)9-7-13/h1-5,11,13,16H,6-10,12,20H2,(H,21,23). The molecule has 3 aliphatic rings. The molecule has 3 saturated heterocycles. The summed E-state index contributed by atoms with van der Waals surface area (Å²) in [7, 11) is 0. The van der Waals surface area contributed by atoms with Crippen molar-refractivity contribution < 1.29 is 4.79 Å². The molecule has 3 N–H and O–H groups in total. The summed E-state index contributed by atoms with van der Waals surface area (Å²) in [4.78, 5) is 15.1. The van der Waals surface area contributed by atoms with Crippen molar-refractivity contribution in [1.29, 1.82) is 0 Å². The maximum atomic E-state index is 12.6. The summed E-state index contributed by atoms with van der Waals surface area (Å²) >= 11 is 0. The van der Waals surface area contributed by atoms with Crippen molar-refractivity contribution >= 4 is 22.4 Å². The van der Waals surface area contributed by atoms with Crippen molar-refractivity contribution in [1.82, 2.24) is 10.2 Å². The van der Waals surface area contributed by atoms with Crippen molar-refractivity contribution in [3.8, 4) is 0 Å². The van der Waals surface area contributed by atoms with E-state index in [1.807, 2.05) is 36.4 Å². The molecule has 0 aliphatic carbocycles. The lowest BCUT2D eigenvalue weighted by atomic mass is 9.94. The largest absolute Gasteiger partial charge is 0.398 e. The van der Waals surface area contributed by atoms with Crippen LogP contribution >= 0.6 is 0 Å². The summed E-state index contributed by atoms with van der Waals surface area (Å²) in [5, 5.41) is 5.26. The maximum Gasteiger partial charge on any atom is 0.251 e. The minimum atomic E-state index is 0.0295. The van der Waals surface area contributed by atoms with Crippen molar-refractivity contribution in [2.75, 3.05) is 25.4 Å². The van der Waals surface area contributed by atoms with Gasteiger partial charge in [-0.2, -0.15) is 0 Å². The monoisotopic (exact) mass is 309 g/mol. The number of hydrogen-bond donors (Lipinski definition) is 2. The second-order valence-corrected chi connectivity index (χ2v) is 6.93. The Morgan fingerprint density at radius 2 is 2.00 bits per heavy atom. The number of piperidine rings is 1. The fourth-order valence-corrected chi connectivity index (χ4v) is 4.02. The first-order chi connectivity index (χ1) is 11.2. The molecule has 2 bridgehead atoms. The van der Waals surface area contributed by atoms with Gasteiger partial charge in [-0.3, -0.25) is 4.79 Å². The summed E-state index contributed by atoms with van der Waals surface area (Å²) in [5.74, 6) is 0.803. The van der Waals surface area contributed by atoms with Crippen LogP contribution in [0.15, 0.2) is 36.4 Å². The lowest BCUT2D eigenvalue weighted by molar-refractivity contribution is 0.0929. The van der Waals surface area contributed by atoms with E-state index >= 15 is 0 Å². The van der Waals surface area contributed by atoms with Gasteiger partial charge in [0.05, 0.1) is 0 Å². The van der Waals surface area contributed by atoms with Crippen LogP contribution in [0.25, 0.3) is 10.8 Å². The highest BCUT2D eigenvalue weighted by Crippen LogP contribution is 2.27. The van der Waals surface area contributed by atoms with Gasteiger partial charge in [0, 0.05) is 29.2 Å². The number of carbonyl (C=O) groups excluding carboxylic acids is 1. The minimum Gasteiger partial charge on any atom is -0.398 e. The molecule has 0 radical (unpaired) electrons. The Balaban J connectivity index is 1.52. The first kappa shape index (κ1) is 14.5. The fraction of sp³-hybridized carbons (Fsp3) is 0.421. The van der Waals surface area contributed by atoms with Crippen molar-refractivity contribution in [3.05, 3.63) is 42.0 Å². The van der Waals surface area contributed by atoms with E-state index in [2.05, 4.69) is 10.2 Å². The first-order valence-electron chi connectivity index (χ1n) is 8.50. The number of fused-ring (bicyclic) bond motifs is 5. The molecule has 1 unspecified atom stereocenters. The van der Waals surface area contributed by atoms with E-state index in [0.29, 0.717) is 0 Å². The molecule has 2 aromatic rings. The van der Waals surface area contributed by atoms with E-state index < -0.39 is 0 Å². The number of nitrogens with zero attached hydrogens (tertiary/aromatic N) is 1. The van der Waals surface area contributed by atoms with Crippen LogP contribution in [0.4, 0.5) is 5.69 Å². The van der Waals surface area contributed by atoms with Gasteiger partial charge in [-0.05, 0) is 61.9 Å². The Kier molecular flexibility index (Phi) is 3.69. The molecule has 1 atom stereocenters. The second-order valence-electron chi connectivity index (χ2n) is 6.93. The minimum absolute atomic E-state index is 0.0295. The summed E-state index contributed by atoms with van der Waals surface area (Å²) in [6.45, 7) is 3.36. The fourth-order valence-electron chi connectivity index (χ4n) is 4.02. The van der Waals surface area contributed by atoms with Gasteiger partial charge >= 0.3 is 0 Å². The maximum absolute atomic E-state index is 12.6. The second kappa shape index (κ2) is 5.85. The SMILES string of the molecule is Nc1cccc2cc(C(=O)NC3CC4CCN(CC4)C3)ccc12. The first-order valence-corrected chi connectivity index (χ1v) is 8.50. The number of rotatable bonds is 2. The molecule has 1 amide bonds. The summed E-state index contributed by atoms with van der Waals surface area (Å²) in [6.07, 6.45) is 3.67. The average molecular weight is 309 g/mol. The Bertz CT molecular complexity index is 720. The van der Waals surface area contributed by atoms with Gasteiger partial charge in [-0.25, -0.2) is 0 Å². The lowest BCUT2D eigenvalue weighted by Crippen LogP contribution is -2.41. The van der Waals surface area contributed by atoms with Gasteiger partial charge in [0.25, 0.3) is 5.91 Å². The Morgan fingerprint density at radius 3 is 2.83 bits per heavy atom. The van der Waals surface area contributed by atoms with E-state index in [0.717, 1.165) is 40.9 Å². The predicted octanol–water partition coefficient (Wildman–Crippen LogP) is 2.64. The van der Waals surface area contributed by atoms with Gasteiger partial charge in [0.1, 0.15) is 0 Å². The lowest BCUT2D eigenvalue weighted by Gasteiger charge is -2.26. The predicted molar refractivity (Wildman–Crippen MR) is 93.4 cm³/mol. The van der Waals surface area contributed by atoms with E-state index in [-0.39, 0.29) is 11.9 Å². The van der Waals surface area contributed by atoms with E-state index in [1.165, 1.54) is 25.9 Å². The normalized spacial score (nSPS) is 26.9. The third kappa shape index (κ3) is 2.91. The molecular weight excluding hydrogens is 286 g/mol. The Labute approximate surface area is 136 Å². The summed E-state index contributed by atoms with van der Waals surface area (Å²) in [6, 6.07) is 11.8. The van der Waals surface area contributed by atoms with Gasteiger partial charge in [-0.1, -0.05) is 18.2 Å². The quantitative estimate of drug-likeness (QED) is 0.839. The summed E-state index contributed by atoms with van der Waals surface area (Å²) < 4.78 is 0. The van der Waals surface area contributed by atoms with Crippen LogP contribution in [0.2, 0.25) is 0 Å². The van der Waals surface area contributed by atoms with Crippen LogP contribution in [0.3, 0.4) is 0 Å². The smallest absolute Gasteiger partial charge is 0.251 e.